The van der Waals surface area contributed by atoms with Gasteiger partial charge in [-0.2, -0.15) is 13.3 Å². The Morgan fingerprint density at radius 3 is 2.06 bits per heavy atom. The smallest absolute Gasteiger partial charge is 0.337 e. The van der Waals surface area contributed by atoms with E-state index >= 15 is 0 Å². The van der Waals surface area contributed by atoms with Crippen LogP contribution < -0.4 is 26.4 Å². The highest BCUT2D eigenvalue weighted by Gasteiger charge is 2.29. The molecule has 2 aromatic carbocycles. The van der Waals surface area contributed by atoms with E-state index < -0.39 is 23.6 Å². The summed E-state index contributed by atoms with van der Waals surface area (Å²) in [6, 6.07) is 9.32. The molecule has 1 aromatic heterocycles. The summed E-state index contributed by atoms with van der Waals surface area (Å²) in [6.07, 6.45) is 3.25. The lowest BCUT2D eigenvalue weighted by Gasteiger charge is -2.04. The molecule has 3 aromatic rings. The molecule has 1 aliphatic heterocycles. The van der Waals surface area contributed by atoms with Crippen molar-refractivity contribution in [2.24, 2.45) is 0 Å². The fourth-order valence-electron chi connectivity index (χ4n) is 2.79. The largest absolute Gasteiger partial charge is 1.00 e. The molecule has 4 rings (SSSR count). The standard InChI is InChI=1S/C12H8F2NO2.C9H7ClO4.ClH/c13-10-8(15-4-2-1-3-5-15)6-9-12(11(10)14)17-7-16-9;1-4-2-5(8(11)12)7(10)6(3-4)9(13)14;/h1-6H,7H2;2-3H,1H3,(H,11,12)(H,13,14);1H/q+1;;/p-1. The maximum atomic E-state index is 13.8. The van der Waals surface area contributed by atoms with Crippen molar-refractivity contribution in [1.82, 2.24) is 0 Å². The van der Waals surface area contributed by atoms with Gasteiger partial charge >= 0.3 is 11.9 Å². The van der Waals surface area contributed by atoms with E-state index in [1.165, 1.54) is 22.8 Å². The highest BCUT2D eigenvalue weighted by Crippen LogP contribution is 2.37. The van der Waals surface area contributed by atoms with Crippen LogP contribution >= 0.6 is 11.6 Å². The van der Waals surface area contributed by atoms with Crippen LogP contribution in [0.2, 0.25) is 5.02 Å². The summed E-state index contributed by atoms with van der Waals surface area (Å²) in [6.45, 7) is 1.52. The molecule has 0 spiro atoms. The average Bonchev–Trinajstić information content (AvgIpc) is 3.22. The van der Waals surface area contributed by atoms with Crippen LogP contribution in [0.15, 0.2) is 48.8 Å². The number of carboxylic acid groups (broad SMARTS) is 2. The molecule has 0 atom stereocenters. The molecule has 0 saturated heterocycles. The number of aromatic carboxylic acids is 2. The third-order valence-corrected chi connectivity index (χ3v) is 4.60. The Kier molecular flexibility index (Phi) is 7.96. The lowest BCUT2D eigenvalue weighted by Crippen LogP contribution is -3.00. The Morgan fingerprint density at radius 1 is 0.969 bits per heavy atom. The number of fused-ring (bicyclic) bond motifs is 1. The van der Waals surface area contributed by atoms with Crippen LogP contribution in [0.3, 0.4) is 0 Å². The predicted molar refractivity (Wildman–Crippen MR) is 104 cm³/mol. The van der Waals surface area contributed by atoms with Gasteiger partial charge in [0.05, 0.1) is 22.2 Å². The number of aryl methyl sites for hydroxylation is 1. The maximum absolute atomic E-state index is 13.8. The monoisotopic (exact) mass is 485 g/mol. The van der Waals surface area contributed by atoms with Gasteiger partial charge in [-0.3, -0.25) is 0 Å². The molecular formula is C21H15Cl2F2NO6. The van der Waals surface area contributed by atoms with Gasteiger partial charge < -0.3 is 32.1 Å². The molecule has 2 heterocycles. The van der Waals surface area contributed by atoms with Crippen molar-refractivity contribution < 1.29 is 55.0 Å². The van der Waals surface area contributed by atoms with Gasteiger partial charge in [0.25, 0.3) is 5.69 Å². The first-order valence-corrected chi connectivity index (χ1v) is 9.09. The van der Waals surface area contributed by atoms with E-state index in [1.54, 1.807) is 37.5 Å². The van der Waals surface area contributed by atoms with Gasteiger partial charge in [0.1, 0.15) is 0 Å². The number of carboxylic acids is 2. The summed E-state index contributed by atoms with van der Waals surface area (Å²) >= 11 is 5.61. The van der Waals surface area contributed by atoms with Gasteiger partial charge in [0, 0.05) is 12.1 Å². The van der Waals surface area contributed by atoms with E-state index in [0.29, 0.717) is 5.56 Å². The highest BCUT2D eigenvalue weighted by atomic mass is 35.5. The molecule has 0 fully saturated rings. The Bertz CT molecular complexity index is 1140. The molecule has 0 amide bonds. The second-order valence-electron chi connectivity index (χ2n) is 6.32. The number of benzene rings is 2. The van der Waals surface area contributed by atoms with Crippen LogP contribution in [0.25, 0.3) is 5.69 Å². The molecule has 2 N–H and O–H groups in total. The first kappa shape index (κ1) is 24.8. The van der Waals surface area contributed by atoms with Crippen LogP contribution in [0, 0.1) is 18.6 Å². The third-order valence-electron chi connectivity index (χ3n) is 4.20. The predicted octanol–water partition coefficient (Wildman–Crippen LogP) is 1.02. The van der Waals surface area contributed by atoms with Crippen molar-refractivity contribution in [1.29, 1.82) is 0 Å². The minimum atomic E-state index is -1.23. The summed E-state index contributed by atoms with van der Waals surface area (Å²) in [5.41, 5.74) is 0.254. The van der Waals surface area contributed by atoms with Crippen molar-refractivity contribution in [3.05, 3.63) is 82.1 Å². The van der Waals surface area contributed by atoms with Crippen molar-refractivity contribution in [3.63, 3.8) is 0 Å². The zero-order valence-corrected chi connectivity index (χ0v) is 17.8. The third kappa shape index (κ3) is 5.06. The lowest BCUT2D eigenvalue weighted by atomic mass is 10.1. The number of halogens is 4. The van der Waals surface area contributed by atoms with Gasteiger partial charge in [0.15, 0.2) is 18.1 Å². The van der Waals surface area contributed by atoms with Crippen LogP contribution in [0.5, 0.6) is 11.5 Å². The molecular weight excluding hydrogens is 471 g/mol. The molecule has 0 aliphatic carbocycles. The number of hydrogen-bond donors (Lipinski definition) is 2. The fourth-order valence-corrected chi connectivity index (χ4v) is 3.06. The second kappa shape index (κ2) is 10.3. The zero-order valence-electron chi connectivity index (χ0n) is 16.3. The molecule has 1 aliphatic rings. The first-order chi connectivity index (χ1) is 14.7. The topological polar surface area (TPSA) is 96.9 Å². The van der Waals surface area contributed by atoms with Gasteiger partial charge in [-0.05, 0) is 24.6 Å². The number of rotatable bonds is 3. The van der Waals surface area contributed by atoms with E-state index in [-0.39, 0.29) is 52.5 Å². The van der Waals surface area contributed by atoms with Crippen LogP contribution in [0.4, 0.5) is 8.78 Å². The number of pyridine rings is 1. The van der Waals surface area contributed by atoms with Gasteiger partial charge in [-0.25, -0.2) is 9.59 Å². The summed E-state index contributed by atoms with van der Waals surface area (Å²) in [5.74, 6) is -4.39. The maximum Gasteiger partial charge on any atom is 0.337 e. The minimum absolute atomic E-state index is 0. The Balaban J connectivity index is 0.000000225. The van der Waals surface area contributed by atoms with Crippen molar-refractivity contribution in [2.45, 2.75) is 6.92 Å². The molecule has 0 saturated carbocycles. The fraction of sp³-hybridized carbons (Fsp3) is 0.0952. The Hall–Kier alpha value is -3.43. The summed E-state index contributed by atoms with van der Waals surface area (Å²) in [5, 5.41) is 17.2. The van der Waals surface area contributed by atoms with Gasteiger partial charge in [-0.1, -0.05) is 17.7 Å². The molecule has 168 valence electrons. The molecule has 32 heavy (non-hydrogen) atoms. The molecule has 11 heteroatoms. The second-order valence-corrected chi connectivity index (χ2v) is 6.70. The normalized spacial score (nSPS) is 11.1. The zero-order chi connectivity index (χ0) is 22.7. The minimum Gasteiger partial charge on any atom is -1.00 e. The SMILES string of the molecule is Cc1cc(C(=O)O)c(Cl)c(C(=O)O)c1.Fc1c(-[n+]2ccccc2)cc2c(c1F)OCO2.[Cl-]. The van der Waals surface area contributed by atoms with Crippen molar-refractivity contribution >= 4 is 23.5 Å². The van der Waals surface area contributed by atoms with E-state index in [4.69, 9.17) is 31.3 Å². The van der Waals surface area contributed by atoms with Gasteiger partial charge in [0.2, 0.25) is 24.2 Å². The number of carbonyl (C=O) groups is 2. The van der Waals surface area contributed by atoms with E-state index in [1.807, 2.05) is 0 Å². The quantitative estimate of drug-likeness (QED) is 0.537. The lowest BCUT2D eigenvalue weighted by molar-refractivity contribution is -0.597. The average molecular weight is 486 g/mol. The number of aromatic nitrogens is 1. The van der Waals surface area contributed by atoms with E-state index in [0.717, 1.165) is 0 Å². The van der Waals surface area contributed by atoms with Crippen LogP contribution in [0.1, 0.15) is 26.3 Å². The number of ether oxygens (including phenoxy) is 2. The van der Waals surface area contributed by atoms with Crippen LogP contribution in [-0.2, 0) is 0 Å². The number of hydrogen-bond acceptors (Lipinski definition) is 4. The molecule has 0 bridgehead atoms. The summed E-state index contributed by atoms with van der Waals surface area (Å²) < 4.78 is 38.8. The van der Waals surface area contributed by atoms with Crippen molar-refractivity contribution in [3.8, 4) is 17.2 Å². The highest BCUT2D eigenvalue weighted by molar-refractivity contribution is 6.36. The van der Waals surface area contributed by atoms with Crippen LogP contribution in [-0.4, -0.2) is 28.9 Å². The first-order valence-electron chi connectivity index (χ1n) is 8.71. The molecule has 0 unspecified atom stereocenters. The summed E-state index contributed by atoms with van der Waals surface area (Å²) in [7, 11) is 0. The van der Waals surface area contributed by atoms with Crippen molar-refractivity contribution in [2.75, 3.05) is 6.79 Å². The van der Waals surface area contributed by atoms with E-state index in [9.17, 15) is 18.4 Å². The number of nitrogens with zero attached hydrogens (tertiary/aromatic N) is 1. The summed E-state index contributed by atoms with van der Waals surface area (Å²) in [4.78, 5) is 21.3. The van der Waals surface area contributed by atoms with E-state index in [2.05, 4.69) is 0 Å². The Morgan fingerprint density at radius 2 is 1.53 bits per heavy atom. The van der Waals surface area contributed by atoms with Gasteiger partial charge in [-0.15, -0.1) is 0 Å². The molecule has 7 nitrogen and oxygen atoms in total. The Labute approximate surface area is 191 Å². The molecule has 0 radical (unpaired) electrons.